The van der Waals surface area contributed by atoms with Crippen molar-refractivity contribution in [1.29, 1.82) is 0 Å². The number of nitrogens with one attached hydrogen (secondary N) is 3. The minimum atomic E-state index is -0.344. The van der Waals surface area contributed by atoms with Crippen LogP contribution in [0, 0.1) is 12.7 Å². The van der Waals surface area contributed by atoms with Gasteiger partial charge in [0.15, 0.2) is 0 Å². The van der Waals surface area contributed by atoms with E-state index in [0.29, 0.717) is 17.8 Å². The Bertz CT molecular complexity index is 907. The highest BCUT2D eigenvalue weighted by atomic mass is 19.1. The van der Waals surface area contributed by atoms with Crippen LogP contribution < -0.4 is 15.4 Å². The number of hydrogen-bond acceptors (Lipinski definition) is 4. The van der Waals surface area contributed by atoms with Gasteiger partial charge in [0.25, 0.3) is 0 Å². The summed E-state index contributed by atoms with van der Waals surface area (Å²) in [5.41, 5.74) is 2.68. The minimum absolute atomic E-state index is 0.0931. The zero-order valence-corrected chi connectivity index (χ0v) is 14.0. The highest BCUT2D eigenvalue weighted by Crippen LogP contribution is 2.18. The van der Waals surface area contributed by atoms with E-state index >= 15 is 0 Å². The van der Waals surface area contributed by atoms with Crippen molar-refractivity contribution in [2.75, 3.05) is 19.0 Å². The number of imidazole rings is 1. The number of aromatic amines is 1. The Hall–Kier alpha value is -2.93. The summed E-state index contributed by atoms with van der Waals surface area (Å²) in [4.78, 5) is 19.5. The van der Waals surface area contributed by atoms with Crippen LogP contribution in [0.5, 0.6) is 5.75 Å². The molecule has 0 atom stereocenters. The van der Waals surface area contributed by atoms with Crippen molar-refractivity contribution in [2.24, 2.45) is 0 Å². The fourth-order valence-corrected chi connectivity index (χ4v) is 2.42. The Kier molecular flexibility index (Phi) is 4.95. The minimum Gasteiger partial charge on any atom is -0.497 e. The average molecular weight is 342 g/mol. The van der Waals surface area contributed by atoms with Crippen molar-refractivity contribution in [3.8, 4) is 5.75 Å². The summed E-state index contributed by atoms with van der Waals surface area (Å²) < 4.78 is 18.6. The van der Waals surface area contributed by atoms with E-state index in [1.807, 2.05) is 18.2 Å². The van der Waals surface area contributed by atoms with Crippen molar-refractivity contribution < 1.29 is 13.9 Å². The zero-order chi connectivity index (χ0) is 17.8. The summed E-state index contributed by atoms with van der Waals surface area (Å²) in [6, 6.07) is 10.2. The molecule has 0 spiro atoms. The molecule has 0 bridgehead atoms. The van der Waals surface area contributed by atoms with E-state index in [1.165, 1.54) is 6.07 Å². The molecule has 0 fully saturated rings. The SMILES string of the molecule is COc1ccc2nc(CNCC(=O)Nc3ccc(C)c(F)c3)[nH]c2c1. The number of carbonyl (C=O) groups excluding carboxylic acids is 1. The van der Waals surface area contributed by atoms with Crippen molar-refractivity contribution in [3.05, 3.63) is 53.6 Å². The van der Waals surface area contributed by atoms with Crippen LogP contribution in [0.4, 0.5) is 10.1 Å². The van der Waals surface area contributed by atoms with Crippen LogP contribution in [0.3, 0.4) is 0 Å². The molecular formula is C18H19FN4O2. The van der Waals surface area contributed by atoms with Crippen LogP contribution >= 0.6 is 0 Å². The second-order valence-corrected chi connectivity index (χ2v) is 5.68. The van der Waals surface area contributed by atoms with Gasteiger partial charge in [-0.3, -0.25) is 4.79 Å². The molecule has 25 heavy (non-hydrogen) atoms. The van der Waals surface area contributed by atoms with E-state index in [9.17, 15) is 9.18 Å². The number of carbonyl (C=O) groups is 1. The van der Waals surface area contributed by atoms with E-state index in [1.54, 1.807) is 26.2 Å². The highest BCUT2D eigenvalue weighted by Gasteiger charge is 2.07. The summed E-state index contributed by atoms with van der Waals surface area (Å²) in [7, 11) is 1.61. The molecule has 0 aliphatic carbocycles. The van der Waals surface area contributed by atoms with Gasteiger partial charge in [-0.25, -0.2) is 9.37 Å². The van der Waals surface area contributed by atoms with Crippen molar-refractivity contribution in [1.82, 2.24) is 15.3 Å². The predicted molar refractivity (Wildman–Crippen MR) is 94.1 cm³/mol. The number of amides is 1. The number of H-pyrrole nitrogens is 1. The molecule has 6 nitrogen and oxygen atoms in total. The number of benzene rings is 2. The lowest BCUT2D eigenvalue weighted by atomic mass is 10.2. The number of methoxy groups -OCH3 is 1. The number of aromatic nitrogens is 2. The number of fused-ring (bicyclic) bond motifs is 1. The van der Waals surface area contributed by atoms with Gasteiger partial charge in [-0.1, -0.05) is 6.07 Å². The maximum Gasteiger partial charge on any atom is 0.238 e. The molecular weight excluding hydrogens is 323 g/mol. The first kappa shape index (κ1) is 16.9. The Balaban J connectivity index is 1.53. The molecule has 3 aromatic rings. The molecule has 130 valence electrons. The first-order valence-corrected chi connectivity index (χ1v) is 7.84. The number of ether oxygens (including phenoxy) is 1. The van der Waals surface area contributed by atoms with Gasteiger partial charge in [0, 0.05) is 11.8 Å². The summed E-state index contributed by atoms with van der Waals surface area (Å²) in [5.74, 6) is 0.877. The van der Waals surface area contributed by atoms with Crippen LogP contribution in [-0.4, -0.2) is 29.5 Å². The van der Waals surface area contributed by atoms with Crippen LogP contribution in [0.2, 0.25) is 0 Å². The molecule has 1 heterocycles. The molecule has 0 saturated heterocycles. The monoisotopic (exact) mass is 342 g/mol. The molecule has 0 unspecified atom stereocenters. The quantitative estimate of drug-likeness (QED) is 0.644. The number of nitrogens with zero attached hydrogens (tertiary/aromatic N) is 1. The van der Waals surface area contributed by atoms with Gasteiger partial charge in [0.2, 0.25) is 5.91 Å². The van der Waals surface area contributed by atoms with E-state index in [4.69, 9.17) is 4.74 Å². The molecule has 0 aliphatic rings. The second-order valence-electron chi connectivity index (χ2n) is 5.68. The Labute approximate surface area is 144 Å². The molecule has 0 saturated carbocycles. The third-order valence-corrected chi connectivity index (χ3v) is 3.77. The van der Waals surface area contributed by atoms with Crippen molar-refractivity contribution in [3.63, 3.8) is 0 Å². The fraction of sp³-hybridized carbons (Fsp3) is 0.222. The topological polar surface area (TPSA) is 79.0 Å². The number of hydrogen-bond donors (Lipinski definition) is 3. The van der Waals surface area contributed by atoms with Crippen LogP contribution in [-0.2, 0) is 11.3 Å². The first-order valence-electron chi connectivity index (χ1n) is 7.84. The van der Waals surface area contributed by atoms with Gasteiger partial charge in [-0.05, 0) is 36.8 Å². The van der Waals surface area contributed by atoms with Crippen LogP contribution in [0.15, 0.2) is 36.4 Å². The highest BCUT2D eigenvalue weighted by molar-refractivity contribution is 5.92. The lowest BCUT2D eigenvalue weighted by Gasteiger charge is -2.07. The van der Waals surface area contributed by atoms with Crippen molar-refractivity contribution in [2.45, 2.75) is 13.5 Å². The van der Waals surface area contributed by atoms with E-state index in [0.717, 1.165) is 22.6 Å². The zero-order valence-electron chi connectivity index (χ0n) is 14.0. The normalized spacial score (nSPS) is 10.8. The average Bonchev–Trinajstić information content (AvgIpc) is 2.99. The third-order valence-electron chi connectivity index (χ3n) is 3.77. The van der Waals surface area contributed by atoms with Gasteiger partial charge in [-0.15, -0.1) is 0 Å². The lowest BCUT2D eigenvalue weighted by Crippen LogP contribution is -2.28. The number of anilines is 1. The molecule has 3 N–H and O–H groups in total. The lowest BCUT2D eigenvalue weighted by molar-refractivity contribution is -0.115. The standard InChI is InChI=1S/C18H19FN4O2/c1-11-3-4-12(7-14(11)19)21-18(24)10-20-9-17-22-15-6-5-13(25-2)8-16(15)23-17/h3-8,20H,9-10H2,1-2H3,(H,21,24)(H,22,23). The maximum atomic E-state index is 13.5. The largest absolute Gasteiger partial charge is 0.497 e. The fourth-order valence-electron chi connectivity index (χ4n) is 2.42. The predicted octanol–water partition coefficient (Wildman–Crippen LogP) is 2.75. The second kappa shape index (κ2) is 7.31. The number of rotatable bonds is 6. The smallest absolute Gasteiger partial charge is 0.238 e. The summed E-state index contributed by atoms with van der Waals surface area (Å²) >= 11 is 0. The maximum absolute atomic E-state index is 13.5. The summed E-state index contributed by atoms with van der Waals surface area (Å²) in [6.07, 6.45) is 0. The van der Waals surface area contributed by atoms with E-state index < -0.39 is 0 Å². The molecule has 0 aliphatic heterocycles. The van der Waals surface area contributed by atoms with Gasteiger partial charge in [0.05, 0.1) is 31.2 Å². The molecule has 3 rings (SSSR count). The third kappa shape index (κ3) is 4.13. The van der Waals surface area contributed by atoms with E-state index in [2.05, 4.69) is 20.6 Å². The van der Waals surface area contributed by atoms with Gasteiger partial charge in [0.1, 0.15) is 17.4 Å². The number of aryl methyl sites for hydroxylation is 1. The number of halogens is 1. The molecule has 1 amide bonds. The van der Waals surface area contributed by atoms with Crippen LogP contribution in [0.25, 0.3) is 11.0 Å². The molecule has 7 heteroatoms. The molecule has 1 aromatic heterocycles. The molecule has 2 aromatic carbocycles. The Morgan fingerprint density at radius 3 is 2.88 bits per heavy atom. The Morgan fingerprint density at radius 1 is 1.28 bits per heavy atom. The first-order chi connectivity index (χ1) is 12.0. The van der Waals surface area contributed by atoms with Crippen molar-refractivity contribution >= 4 is 22.6 Å². The van der Waals surface area contributed by atoms with Gasteiger partial charge in [-0.2, -0.15) is 0 Å². The van der Waals surface area contributed by atoms with E-state index in [-0.39, 0.29) is 18.3 Å². The van der Waals surface area contributed by atoms with Crippen LogP contribution in [0.1, 0.15) is 11.4 Å². The summed E-state index contributed by atoms with van der Waals surface area (Å²) in [5, 5.41) is 5.66. The van der Waals surface area contributed by atoms with Gasteiger partial charge < -0.3 is 20.4 Å². The Morgan fingerprint density at radius 2 is 2.12 bits per heavy atom. The summed E-state index contributed by atoms with van der Waals surface area (Å²) in [6.45, 7) is 2.17. The van der Waals surface area contributed by atoms with Gasteiger partial charge >= 0.3 is 0 Å². The molecule has 0 radical (unpaired) electrons.